The molecular formula is C10H7Cl2N3O3S2. The van der Waals surface area contributed by atoms with Gasteiger partial charge in [-0.1, -0.05) is 35.0 Å². The monoisotopic (exact) mass is 351 g/mol. The maximum absolute atomic E-state index is 11.6. The number of hydrogen-bond donors (Lipinski definition) is 1. The van der Waals surface area contributed by atoms with Gasteiger partial charge in [-0.2, -0.15) is 0 Å². The summed E-state index contributed by atoms with van der Waals surface area (Å²) in [5.41, 5.74) is 3.24. The number of thioether (sulfide) groups is 2. The minimum Gasteiger partial charge on any atom is -0.363 e. The van der Waals surface area contributed by atoms with Crippen LogP contribution in [0.3, 0.4) is 0 Å². The highest BCUT2D eigenvalue weighted by molar-refractivity contribution is 8.18. The van der Waals surface area contributed by atoms with Gasteiger partial charge < -0.3 is 5.73 Å². The fraction of sp³-hybridized carbons (Fsp3) is 0.200. The smallest absolute Gasteiger partial charge is 0.338 e. The second kappa shape index (κ2) is 5.80. The zero-order chi connectivity index (χ0) is 14.9. The molecule has 0 bridgehead atoms. The third-order valence-corrected chi connectivity index (χ3v) is 6.18. The third-order valence-electron chi connectivity index (χ3n) is 2.61. The van der Waals surface area contributed by atoms with Gasteiger partial charge in [0.15, 0.2) is 0 Å². The Morgan fingerprint density at radius 1 is 1.50 bits per heavy atom. The van der Waals surface area contributed by atoms with Crippen molar-refractivity contribution in [2.24, 2.45) is 5.73 Å². The number of carbonyl (C=O) groups is 1. The Balaban J connectivity index is 2.39. The van der Waals surface area contributed by atoms with Gasteiger partial charge in [-0.25, -0.2) is 0 Å². The molecule has 2 atom stereocenters. The third kappa shape index (κ3) is 2.48. The average molecular weight is 352 g/mol. The van der Waals surface area contributed by atoms with E-state index in [9.17, 15) is 14.9 Å². The molecule has 1 aliphatic heterocycles. The van der Waals surface area contributed by atoms with Crippen LogP contribution < -0.4 is 5.73 Å². The molecule has 10 heteroatoms. The molecule has 0 radical (unpaired) electrons. The van der Waals surface area contributed by atoms with Crippen LogP contribution in [0.4, 0.5) is 0 Å². The van der Waals surface area contributed by atoms with Gasteiger partial charge >= 0.3 is 11.4 Å². The van der Waals surface area contributed by atoms with E-state index in [1.807, 2.05) is 0 Å². The molecule has 20 heavy (non-hydrogen) atoms. The van der Waals surface area contributed by atoms with Crippen LogP contribution >= 0.6 is 46.7 Å². The van der Waals surface area contributed by atoms with Crippen molar-refractivity contribution in [3.8, 4) is 0 Å². The zero-order valence-corrected chi connectivity index (χ0v) is 12.8. The lowest BCUT2D eigenvalue weighted by Crippen LogP contribution is -2.53. The summed E-state index contributed by atoms with van der Waals surface area (Å²) in [5, 5.41) is 13.3. The maximum atomic E-state index is 11.6. The largest absolute Gasteiger partial charge is 0.363 e. The number of nitrogens with zero attached hydrogens (tertiary/aromatic N) is 2. The van der Waals surface area contributed by atoms with Crippen molar-refractivity contribution in [1.29, 1.82) is 0 Å². The first-order valence-electron chi connectivity index (χ1n) is 5.13. The van der Waals surface area contributed by atoms with E-state index >= 15 is 0 Å². The van der Waals surface area contributed by atoms with Crippen molar-refractivity contribution in [3.63, 3.8) is 0 Å². The molecule has 1 aliphatic rings. The van der Waals surface area contributed by atoms with Crippen LogP contribution in [0.15, 0.2) is 28.8 Å². The van der Waals surface area contributed by atoms with E-state index in [1.165, 1.54) is 23.9 Å². The number of nitro groups is 1. The fourth-order valence-electron chi connectivity index (χ4n) is 1.57. The standard InChI is InChI=1S/C10H7Cl2N3O3S2/c11-5-3-14-4-6(12)7(5)20-9-10(8(13)16,15(17)18)1-2-19-9/h1-4,9H,(H2,13,16). The van der Waals surface area contributed by atoms with Gasteiger partial charge in [-0.3, -0.25) is 19.9 Å². The van der Waals surface area contributed by atoms with Crippen molar-refractivity contribution >= 4 is 52.6 Å². The topological polar surface area (TPSA) is 99.1 Å². The van der Waals surface area contributed by atoms with Crippen LogP contribution in [0.25, 0.3) is 0 Å². The van der Waals surface area contributed by atoms with E-state index in [1.54, 1.807) is 0 Å². The van der Waals surface area contributed by atoms with Crippen LogP contribution in [0, 0.1) is 10.1 Å². The lowest BCUT2D eigenvalue weighted by molar-refractivity contribution is -0.533. The normalized spacial score (nSPS) is 24.8. The van der Waals surface area contributed by atoms with Crippen LogP contribution in [-0.4, -0.2) is 25.9 Å². The SMILES string of the molecule is NC(=O)C1([N+](=O)[O-])C=CSC1Sc1c(Cl)cncc1Cl. The van der Waals surface area contributed by atoms with Crippen molar-refractivity contribution in [3.05, 3.63) is 44.0 Å². The predicted molar refractivity (Wildman–Crippen MR) is 79.6 cm³/mol. The van der Waals surface area contributed by atoms with Gasteiger partial charge in [0.25, 0.3) is 0 Å². The molecule has 2 heterocycles. The summed E-state index contributed by atoms with van der Waals surface area (Å²) in [6, 6.07) is 0. The molecule has 1 aromatic rings. The molecule has 106 valence electrons. The number of halogens is 2. The van der Waals surface area contributed by atoms with Gasteiger partial charge in [0.05, 0.1) is 10.0 Å². The lowest BCUT2D eigenvalue weighted by Gasteiger charge is -2.22. The molecule has 0 saturated heterocycles. The van der Waals surface area contributed by atoms with Crippen molar-refractivity contribution < 1.29 is 9.72 Å². The first kappa shape index (κ1) is 15.4. The minimum atomic E-state index is -1.98. The Kier molecular flexibility index (Phi) is 4.48. The summed E-state index contributed by atoms with van der Waals surface area (Å²) in [4.78, 5) is 26.4. The Labute approximate surface area is 132 Å². The van der Waals surface area contributed by atoms with E-state index in [-0.39, 0.29) is 10.0 Å². The van der Waals surface area contributed by atoms with E-state index < -0.39 is 21.0 Å². The second-order valence-corrected chi connectivity index (χ2v) is 7.01. The van der Waals surface area contributed by atoms with Gasteiger partial charge in [0, 0.05) is 28.3 Å². The molecule has 0 fully saturated rings. The van der Waals surface area contributed by atoms with Crippen molar-refractivity contribution in [2.75, 3.05) is 0 Å². The van der Waals surface area contributed by atoms with Crippen molar-refractivity contribution in [2.45, 2.75) is 15.0 Å². The van der Waals surface area contributed by atoms with E-state index in [4.69, 9.17) is 28.9 Å². The predicted octanol–water partition coefficient (Wildman–Crippen LogP) is 2.57. The van der Waals surface area contributed by atoms with Gasteiger partial charge in [0.2, 0.25) is 0 Å². The highest BCUT2D eigenvalue weighted by Crippen LogP contribution is 2.48. The zero-order valence-electron chi connectivity index (χ0n) is 9.66. The number of aromatic nitrogens is 1. The average Bonchev–Trinajstić information content (AvgIpc) is 2.78. The second-order valence-electron chi connectivity index (χ2n) is 3.77. The van der Waals surface area contributed by atoms with Crippen LogP contribution in [0.1, 0.15) is 0 Å². The summed E-state index contributed by atoms with van der Waals surface area (Å²) in [7, 11) is 0. The Morgan fingerprint density at radius 3 is 2.60 bits per heavy atom. The Hall–Kier alpha value is -0.960. The van der Waals surface area contributed by atoms with Crippen LogP contribution in [-0.2, 0) is 4.79 Å². The van der Waals surface area contributed by atoms with Crippen LogP contribution in [0.5, 0.6) is 0 Å². The number of nitrogens with two attached hydrogens (primary N) is 1. The van der Waals surface area contributed by atoms with E-state index in [2.05, 4.69) is 4.98 Å². The summed E-state index contributed by atoms with van der Waals surface area (Å²) >= 11 is 14.1. The molecule has 1 aromatic heterocycles. The molecule has 0 spiro atoms. The molecule has 0 aliphatic carbocycles. The molecule has 2 unspecified atom stereocenters. The van der Waals surface area contributed by atoms with E-state index in [0.29, 0.717) is 4.90 Å². The minimum absolute atomic E-state index is 0.261. The molecule has 0 aromatic carbocycles. The summed E-state index contributed by atoms with van der Waals surface area (Å²) < 4.78 is -0.785. The first-order valence-corrected chi connectivity index (χ1v) is 7.70. The summed E-state index contributed by atoms with van der Waals surface area (Å²) in [6.45, 7) is 0. The van der Waals surface area contributed by atoms with Crippen molar-refractivity contribution in [1.82, 2.24) is 4.98 Å². The van der Waals surface area contributed by atoms with Gasteiger partial charge in [-0.05, 0) is 5.41 Å². The first-order chi connectivity index (χ1) is 9.39. The summed E-state index contributed by atoms with van der Waals surface area (Å²) in [5.74, 6) is -1.03. The number of primary amides is 1. The molecular weight excluding hydrogens is 345 g/mol. The quantitative estimate of drug-likeness (QED) is 0.660. The number of hydrogen-bond acceptors (Lipinski definition) is 6. The fourth-order valence-corrected chi connectivity index (χ4v) is 4.83. The highest BCUT2D eigenvalue weighted by atomic mass is 35.5. The highest BCUT2D eigenvalue weighted by Gasteiger charge is 2.58. The van der Waals surface area contributed by atoms with E-state index in [0.717, 1.165) is 23.5 Å². The summed E-state index contributed by atoms with van der Waals surface area (Å²) in [6.07, 6.45) is 3.95. The Bertz CT molecular complexity index is 577. The van der Waals surface area contributed by atoms with Crippen LogP contribution in [0.2, 0.25) is 10.0 Å². The maximum Gasteiger partial charge on any atom is 0.338 e. The Morgan fingerprint density at radius 2 is 2.10 bits per heavy atom. The molecule has 2 N–H and O–H groups in total. The molecule has 0 saturated carbocycles. The molecule has 6 nitrogen and oxygen atoms in total. The van der Waals surface area contributed by atoms with Gasteiger partial charge in [-0.15, -0.1) is 11.8 Å². The molecule has 1 amide bonds. The number of carbonyl (C=O) groups excluding carboxylic acids is 1. The number of amides is 1. The lowest BCUT2D eigenvalue weighted by atomic mass is 10.0. The van der Waals surface area contributed by atoms with Gasteiger partial charge in [0.1, 0.15) is 4.58 Å². The number of rotatable bonds is 4. The number of pyridine rings is 1. The molecule has 2 rings (SSSR count).